The number of hydrogen-bond acceptors (Lipinski definition) is 2. The number of aromatic nitrogens is 2. The Morgan fingerprint density at radius 1 is 1.10 bits per heavy atom. The molecule has 0 saturated heterocycles. The number of rotatable bonds is 6. The Morgan fingerprint density at radius 2 is 1.90 bits per heavy atom. The molecular formula is C25H24ClN3O. The average Bonchev–Trinajstić information content (AvgIpc) is 3.10. The van der Waals surface area contributed by atoms with Gasteiger partial charge in [-0.3, -0.25) is 9.20 Å². The first kappa shape index (κ1) is 20.2. The summed E-state index contributed by atoms with van der Waals surface area (Å²) in [5.74, 6) is 0.468. The van der Waals surface area contributed by atoms with Crippen molar-refractivity contribution in [2.24, 2.45) is 0 Å². The van der Waals surface area contributed by atoms with Gasteiger partial charge in [0.25, 0.3) is 5.91 Å². The van der Waals surface area contributed by atoms with Crippen LogP contribution in [0.25, 0.3) is 16.9 Å². The summed E-state index contributed by atoms with van der Waals surface area (Å²) >= 11 is 6.20. The van der Waals surface area contributed by atoms with Gasteiger partial charge in [0.15, 0.2) is 0 Å². The molecule has 0 radical (unpaired) electrons. The molecule has 0 saturated carbocycles. The predicted octanol–water partition coefficient (Wildman–Crippen LogP) is 6.56. The number of imidazole rings is 1. The lowest BCUT2D eigenvalue weighted by atomic mass is 10.1. The maximum absolute atomic E-state index is 13.0. The topological polar surface area (TPSA) is 46.4 Å². The van der Waals surface area contributed by atoms with Crippen molar-refractivity contribution in [1.29, 1.82) is 0 Å². The van der Waals surface area contributed by atoms with Gasteiger partial charge in [-0.15, -0.1) is 0 Å². The molecule has 1 amide bonds. The number of carbonyl (C=O) groups excluding carboxylic acids is 1. The maximum atomic E-state index is 13.0. The van der Waals surface area contributed by atoms with Crippen molar-refractivity contribution in [1.82, 2.24) is 9.38 Å². The van der Waals surface area contributed by atoms with Crippen LogP contribution < -0.4 is 5.32 Å². The van der Waals surface area contributed by atoms with Crippen LogP contribution in [-0.4, -0.2) is 15.3 Å². The lowest BCUT2D eigenvalue weighted by Crippen LogP contribution is -2.14. The molecule has 1 N–H and O–H groups in total. The minimum atomic E-state index is -0.164. The molecule has 0 aliphatic heterocycles. The summed E-state index contributed by atoms with van der Waals surface area (Å²) in [7, 11) is 0. The molecule has 4 nitrogen and oxygen atoms in total. The van der Waals surface area contributed by atoms with Gasteiger partial charge in [0.05, 0.1) is 0 Å². The monoisotopic (exact) mass is 417 g/mol. The van der Waals surface area contributed by atoms with Gasteiger partial charge in [-0.05, 0) is 67.3 Å². The quantitative estimate of drug-likeness (QED) is 0.386. The minimum absolute atomic E-state index is 0.164. The molecule has 2 aromatic heterocycles. The number of anilines is 1. The van der Waals surface area contributed by atoms with Gasteiger partial charge in [0.2, 0.25) is 0 Å². The Morgan fingerprint density at radius 3 is 2.63 bits per heavy atom. The summed E-state index contributed by atoms with van der Waals surface area (Å²) in [6, 6.07) is 19.3. The molecular weight excluding hydrogens is 394 g/mol. The molecule has 0 spiro atoms. The number of nitrogens with one attached hydrogen (secondary N) is 1. The van der Waals surface area contributed by atoms with E-state index in [-0.39, 0.29) is 5.91 Å². The number of aryl methyl sites for hydroxylation is 2. The summed E-state index contributed by atoms with van der Waals surface area (Å²) in [5.41, 5.74) is 5.29. The number of hydrogen-bond donors (Lipinski definition) is 1. The number of benzene rings is 2. The maximum Gasteiger partial charge on any atom is 0.256 e. The SMILES string of the molecule is CCCCc1ccc(C(=O)Nc2c(-c3cccc(Cl)c3)nc3cc(C)ccn23)cc1. The molecule has 0 aliphatic rings. The molecule has 0 atom stereocenters. The van der Waals surface area contributed by atoms with Crippen molar-refractivity contribution in [2.45, 2.75) is 33.1 Å². The summed E-state index contributed by atoms with van der Waals surface area (Å²) in [6.07, 6.45) is 5.26. The summed E-state index contributed by atoms with van der Waals surface area (Å²) in [4.78, 5) is 17.8. The third-order valence-corrected chi connectivity index (χ3v) is 5.38. The predicted molar refractivity (Wildman–Crippen MR) is 123 cm³/mol. The molecule has 4 aromatic rings. The Balaban J connectivity index is 1.70. The van der Waals surface area contributed by atoms with Crippen LogP contribution in [0, 0.1) is 6.92 Å². The van der Waals surface area contributed by atoms with E-state index in [0.29, 0.717) is 22.1 Å². The van der Waals surface area contributed by atoms with E-state index in [0.717, 1.165) is 36.0 Å². The second kappa shape index (κ2) is 8.72. The van der Waals surface area contributed by atoms with E-state index in [1.54, 1.807) is 0 Å². The summed E-state index contributed by atoms with van der Waals surface area (Å²) in [5, 5.41) is 3.69. The first-order valence-corrected chi connectivity index (χ1v) is 10.6. The third kappa shape index (κ3) is 4.24. The fourth-order valence-electron chi connectivity index (χ4n) is 3.49. The number of nitrogens with zero attached hydrogens (tertiary/aromatic N) is 2. The molecule has 0 aliphatic carbocycles. The van der Waals surface area contributed by atoms with Crippen molar-refractivity contribution in [3.63, 3.8) is 0 Å². The van der Waals surface area contributed by atoms with E-state index in [9.17, 15) is 4.79 Å². The van der Waals surface area contributed by atoms with E-state index in [2.05, 4.69) is 12.2 Å². The summed E-state index contributed by atoms with van der Waals surface area (Å²) < 4.78 is 1.90. The molecule has 0 unspecified atom stereocenters. The smallest absolute Gasteiger partial charge is 0.256 e. The Hall–Kier alpha value is -3.11. The van der Waals surface area contributed by atoms with Crippen LogP contribution in [0.3, 0.4) is 0 Å². The number of fused-ring (bicyclic) bond motifs is 1. The second-order valence-electron chi connectivity index (χ2n) is 7.51. The Kier molecular flexibility index (Phi) is 5.86. The number of unbranched alkanes of at least 4 members (excludes halogenated alkanes) is 1. The third-order valence-electron chi connectivity index (χ3n) is 5.15. The van der Waals surface area contributed by atoms with Crippen LogP contribution in [0.2, 0.25) is 5.02 Å². The van der Waals surface area contributed by atoms with Crippen molar-refractivity contribution in [3.05, 3.63) is 88.6 Å². The molecule has 2 aromatic carbocycles. The second-order valence-corrected chi connectivity index (χ2v) is 7.94. The minimum Gasteiger partial charge on any atom is -0.306 e. The highest BCUT2D eigenvalue weighted by Crippen LogP contribution is 2.31. The number of amides is 1. The van der Waals surface area contributed by atoms with Gasteiger partial charge in [0.1, 0.15) is 17.2 Å². The largest absolute Gasteiger partial charge is 0.306 e. The summed E-state index contributed by atoms with van der Waals surface area (Å²) in [6.45, 7) is 4.20. The van der Waals surface area contributed by atoms with Crippen molar-refractivity contribution < 1.29 is 4.79 Å². The van der Waals surface area contributed by atoms with Gasteiger partial charge < -0.3 is 5.32 Å². The zero-order valence-corrected chi connectivity index (χ0v) is 17.9. The zero-order chi connectivity index (χ0) is 21.1. The van der Waals surface area contributed by atoms with E-state index in [1.165, 1.54) is 5.56 Å². The standard InChI is InChI=1S/C25H24ClN3O/c1-3-4-6-18-9-11-19(12-10-18)25(30)28-24-23(20-7-5-8-21(26)16-20)27-22-15-17(2)13-14-29(22)24/h5,7-16H,3-4,6H2,1-2H3,(H,28,30). The van der Waals surface area contributed by atoms with Crippen LogP contribution in [0.1, 0.15) is 41.3 Å². The first-order valence-electron chi connectivity index (χ1n) is 10.2. The molecule has 2 heterocycles. The van der Waals surface area contributed by atoms with Crippen molar-refractivity contribution >= 4 is 29.0 Å². The van der Waals surface area contributed by atoms with E-state index in [1.807, 2.05) is 78.2 Å². The highest BCUT2D eigenvalue weighted by Gasteiger charge is 2.18. The van der Waals surface area contributed by atoms with Gasteiger partial charge >= 0.3 is 0 Å². The Labute approximate surface area is 181 Å². The van der Waals surface area contributed by atoms with Crippen molar-refractivity contribution in [2.75, 3.05) is 5.32 Å². The van der Waals surface area contributed by atoms with Gasteiger partial charge in [-0.2, -0.15) is 0 Å². The fraction of sp³-hybridized carbons (Fsp3) is 0.200. The molecule has 0 fully saturated rings. The fourth-order valence-corrected chi connectivity index (χ4v) is 3.68. The number of halogens is 1. The lowest BCUT2D eigenvalue weighted by molar-refractivity contribution is 0.102. The van der Waals surface area contributed by atoms with Gasteiger partial charge in [-0.1, -0.05) is 49.2 Å². The van der Waals surface area contributed by atoms with Crippen LogP contribution in [0.15, 0.2) is 66.9 Å². The molecule has 4 rings (SSSR count). The van der Waals surface area contributed by atoms with Gasteiger partial charge in [0, 0.05) is 22.3 Å². The van der Waals surface area contributed by atoms with Crippen LogP contribution >= 0.6 is 11.6 Å². The van der Waals surface area contributed by atoms with E-state index < -0.39 is 0 Å². The molecule has 30 heavy (non-hydrogen) atoms. The van der Waals surface area contributed by atoms with E-state index in [4.69, 9.17) is 16.6 Å². The normalized spacial score (nSPS) is 11.0. The zero-order valence-electron chi connectivity index (χ0n) is 17.2. The highest BCUT2D eigenvalue weighted by molar-refractivity contribution is 6.30. The van der Waals surface area contributed by atoms with E-state index >= 15 is 0 Å². The van der Waals surface area contributed by atoms with Crippen molar-refractivity contribution in [3.8, 4) is 11.3 Å². The number of pyridine rings is 1. The molecule has 152 valence electrons. The Bertz CT molecular complexity index is 1190. The molecule has 5 heteroatoms. The lowest BCUT2D eigenvalue weighted by Gasteiger charge is -2.09. The molecule has 0 bridgehead atoms. The van der Waals surface area contributed by atoms with Crippen LogP contribution in [0.4, 0.5) is 5.82 Å². The number of carbonyl (C=O) groups is 1. The highest BCUT2D eigenvalue weighted by atomic mass is 35.5. The average molecular weight is 418 g/mol. The van der Waals surface area contributed by atoms with Crippen LogP contribution in [-0.2, 0) is 6.42 Å². The van der Waals surface area contributed by atoms with Crippen LogP contribution in [0.5, 0.6) is 0 Å². The van der Waals surface area contributed by atoms with Gasteiger partial charge in [-0.25, -0.2) is 4.98 Å². The first-order chi connectivity index (χ1) is 14.5.